The molecule has 1 heterocycles. The third kappa shape index (κ3) is 3.53. The van der Waals surface area contributed by atoms with Crippen LogP contribution in [0, 0.1) is 34.5 Å². The van der Waals surface area contributed by atoms with Gasteiger partial charge in [-0.25, -0.2) is 4.79 Å². The van der Waals surface area contributed by atoms with Crippen LogP contribution in [-0.2, 0) is 33.4 Å². The summed E-state index contributed by atoms with van der Waals surface area (Å²) in [6.45, 7) is 0.518. The van der Waals surface area contributed by atoms with E-state index in [4.69, 9.17) is 13.7 Å². The van der Waals surface area contributed by atoms with Crippen molar-refractivity contribution in [2.24, 2.45) is 34.5 Å². The maximum Gasteiger partial charge on any atom is 0.376 e. The summed E-state index contributed by atoms with van der Waals surface area (Å²) in [6, 6.07) is 0. The molecular weight excluding hydrogens is 458 g/mol. The van der Waals surface area contributed by atoms with Crippen molar-refractivity contribution in [3.8, 4) is 0 Å². The molecule has 1 aliphatic heterocycles. The van der Waals surface area contributed by atoms with Crippen molar-refractivity contribution >= 4 is 22.1 Å². The topological polar surface area (TPSA) is 96.0 Å². The lowest BCUT2D eigenvalue weighted by atomic mass is 9.43. The Bertz CT molecular complexity index is 975. The highest BCUT2D eigenvalue weighted by Crippen LogP contribution is 2.66. The smallest absolute Gasteiger partial charge is 0.376 e. The van der Waals surface area contributed by atoms with Gasteiger partial charge in [0.15, 0.2) is 0 Å². The zero-order valence-electron chi connectivity index (χ0n) is 18.6. The predicted octanol–water partition coefficient (Wildman–Crippen LogP) is 3.21. The van der Waals surface area contributed by atoms with Crippen molar-refractivity contribution in [1.29, 1.82) is 0 Å². The van der Waals surface area contributed by atoms with Gasteiger partial charge in [-0.15, -0.1) is 0 Å². The first-order valence-corrected chi connectivity index (χ1v) is 13.5. The van der Waals surface area contributed by atoms with E-state index < -0.39 is 39.5 Å². The van der Waals surface area contributed by atoms with Gasteiger partial charge in [0.2, 0.25) is 0 Å². The van der Waals surface area contributed by atoms with E-state index in [0.29, 0.717) is 31.6 Å². The van der Waals surface area contributed by atoms with Gasteiger partial charge in [0.05, 0.1) is 18.3 Å². The molecule has 0 aromatic heterocycles. The molecule has 0 radical (unpaired) electrons. The van der Waals surface area contributed by atoms with Gasteiger partial charge in [0, 0.05) is 24.2 Å². The molecule has 33 heavy (non-hydrogen) atoms. The molecule has 0 amide bonds. The van der Waals surface area contributed by atoms with Crippen molar-refractivity contribution in [3.63, 3.8) is 0 Å². The minimum Gasteiger partial charge on any atom is -0.461 e. The molecule has 6 bridgehead atoms. The van der Waals surface area contributed by atoms with Gasteiger partial charge in [-0.3, -0.25) is 8.98 Å². The summed E-state index contributed by atoms with van der Waals surface area (Å²) in [5.74, 6) is -4.59. The minimum atomic E-state index is -3.56. The summed E-state index contributed by atoms with van der Waals surface area (Å²) in [6.07, 6.45) is 5.58. The molecule has 0 spiro atoms. The number of alkyl halides is 2. The van der Waals surface area contributed by atoms with E-state index in [-0.39, 0.29) is 41.7 Å². The van der Waals surface area contributed by atoms with Gasteiger partial charge >= 0.3 is 17.9 Å². The fourth-order valence-electron chi connectivity index (χ4n) is 8.91. The Kier molecular flexibility index (Phi) is 4.64. The second-order valence-corrected chi connectivity index (χ2v) is 13.8. The quantitative estimate of drug-likeness (QED) is 0.418. The van der Waals surface area contributed by atoms with E-state index in [2.05, 4.69) is 0 Å². The summed E-state index contributed by atoms with van der Waals surface area (Å²) < 4.78 is 67.2. The molecule has 7 atom stereocenters. The summed E-state index contributed by atoms with van der Waals surface area (Å²) in [4.78, 5) is 24.8. The largest absolute Gasteiger partial charge is 0.461 e. The zero-order valence-corrected chi connectivity index (χ0v) is 19.5. The molecule has 10 heteroatoms. The third-order valence-electron chi connectivity index (χ3n) is 9.37. The van der Waals surface area contributed by atoms with Crippen LogP contribution >= 0.6 is 0 Å². The van der Waals surface area contributed by atoms with Crippen LogP contribution in [0.5, 0.6) is 0 Å². The van der Waals surface area contributed by atoms with E-state index in [1.165, 1.54) is 0 Å². The SMILES string of the molecule is CC(F)(F)C(=O)OCC12CC3CC(C1)CC(CC(=O)OC1C4CC5C1OS(=O)(=O)C5C4)(C3)C2. The second kappa shape index (κ2) is 6.89. The average Bonchev–Trinajstić information content (AvgIpc) is 3.28. The van der Waals surface area contributed by atoms with Gasteiger partial charge in [0.1, 0.15) is 12.2 Å². The summed E-state index contributed by atoms with van der Waals surface area (Å²) in [7, 11) is -3.56. The molecule has 0 N–H and O–H groups in total. The monoisotopic (exact) mass is 488 g/mol. The van der Waals surface area contributed by atoms with Crippen LogP contribution in [-0.4, -0.2) is 50.3 Å². The van der Waals surface area contributed by atoms with Gasteiger partial charge in [-0.2, -0.15) is 17.2 Å². The molecule has 6 aliphatic carbocycles. The highest BCUT2D eigenvalue weighted by atomic mass is 32.2. The van der Waals surface area contributed by atoms with Crippen molar-refractivity contribution in [2.45, 2.75) is 88.1 Å². The number of carbonyl (C=O) groups is 2. The normalized spacial score (nSPS) is 48.3. The van der Waals surface area contributed by atoms with Crippen molar-refractivity contribution in [2.75, 3.05) is 6.61 Å². The number of hydrogen-bond donors (Lipinski definition) is 0. The Labute approximate surface area is 192 Å². The summed E-state index contributed by atoms with van der Waals surface area (Å²) in [5, 5.41) is -0.455. The van der Waals surface area contributed by atoms with Crippen LogP contribution in [0.4, 0.5) is 8.78 Å². The first-order valence-electron chi connectivity index (χ1n) is 12.0. The second-order valence-electron chi connectivity index (χ2n) is 12.0. The molecule has 0 aromatic carbocycles. The number of carbonyl (C=O) groups excluding carboxylic acids is 2. The molecule has 7 fully saturated rings. The Hall–Kier alpha value is -1.29. The number of hydrogen-bond acceptors (Lipinski definition) is 7. The van der Waals surface area contributed by atoms with E-state index in [9.17, 15) is 26.8 Å². The Morgan fingerprint density at radius 1 is 1.06 bits per heavy atom. The zero-order chi connectivity index (χ0) is 23.4. The van der Waals surface area contributed by atoms with Crippen LogP contribution in [0.2, 0.25) is 0 Å². The van der Waals surface area contributed by atoms with Crippen molar-refractivity contribution < 1.29 is 40.4 Å². The third-order valence-corrected chi connectivity index (χ3v) is 11.1. The molecule has 6 saturated carbocycles. The number of halogens is 2. The van der Waals surface area contributed by atoms with Crippen molar-refractivity contribution in [1.82, 2.24) is 0 Å². The summed E-state index contributed by atoms with van der Waals surface area (Å²) >= 11 is 0. The molecule has 1 saturated heterocycles. The molecule has 7 aliphatic rings. The highest BCUT2D eigenvalue weighted by molar-refractivity contribution is 7.87. The lowest BCUT2D eigenvalue weighted by molar-refractivity contribution is -0.188. The minimum absolute atomic E-state index is 0.0272. The van der Waals surface area contributed by atoms with E-state index in [1.54, 1.807) is 0 Å². The molecule has 7 nitrogen and oxygen atoms in total. The van der Waals surface area contributed by atoms with Gasteiger partial charge < -0.3 is 9.47 Å². The first-order chi connectivity index (χ1) is 15.4. The summed E-state index contributed by atoms with van der Waals surface area (Å²) in [5.41, 5.74) is -0.626. The van der Waals surface area contributed by atoms with Crippen LogP contribution in [0.1, 0.15) is 64.7 Å². The van der Waals surface area contributed by atoms with Gasteiger partial charge in [-0.05, 0) is 68.6 Å². The first kappa shape index (κ1) is 22.2. The Morgan fingerprint density at radius 2 is 1.73 bits per heavy atom. The lowest BCUT2D eigenvalue weighted by Crippen LogP contribution is -2.54. The number of ether oxygens (including phenoxy) is 2. The van der Waals surface area contributed by atoms with Crippen LogP contribution in [0.25, 0.3) is 0 Å². The Balaban J connectivity index is 1.13. The lowest BCUT2D eigenvalue weighted by Gasteiger charge is -2.61. The molecule has 0 aromatic rings. The van der Waals surface area contributed by atoms with Gasteiger partial charge in [-0.1, -0.05) is 0 Å². The number of rotatable bonds is 6. The maximum atomic E-state index is 13.3. The predicted molar refractivity (Wildman–Crippen MR) is 109 cm³/mol. The maximum absolute atomic E-state index is 13.3. The van der Waals surface area contributed by atoms with E-state index in [1.807, 2.05) is 0 Å². The van der Waals surface area contributed by atoms with Crippen LogP contribution < -0.4 is 0 Å². The number of esters is 2. The number of fused-ring (bicyclic) bond motifs is 1. The Morgan fingerprint density at radius 3 is 2.39 bits per heavy atom. The van der Waals surface area contributed by atoms with Crippen LogP contribution in [0.3, 0.4) is 0 Å². The van der Waals surface area contributed by atoms with Gasteiger partial charge in [0.25, 0.3) is 10.1 Å². The highest BCUT2D eigenvalue weighted by Gasteiger charge is 2.66. The standard InChI is InChI=1S/C23H30F2O7S/c1-21(24,25)20(27)30-11-23-7-12-2-13(8-23)6-22(5-12,10-23)9-17(26)31-18-14-3-15-16(4-14)33(28,29)32-19(15)18/h12-16,18-19H,2-11H2,1H3. The average molecular weight is 489 g/mol. The fourth-order valence-corrected chi connectivity index (χ4v) is 10.8. The molecular formula is C23H30F2O7S. The van der Waals surface area contributed by atoms with E-state index >= 15 is 0 Å². The van der Waals surface area contributed by atoms with E-state index in [0.717, 1.165) is 38.5 Å². The molecule has 7 unspecified atom stereocenters. The fraction of sp³-hybridized carbons (Fsp3) is 0.913. The van der Waals surface area contributed by atoms with Crippen LogP contribution in [0.15, 0.2) is 0 Å². The molecule has 7 rings (SSSR count). The van der Waals surface area contributed by atoms with Crippen molar-refractivity contribution in [3.05, 3.63) is 0 Å². The molecule has 184 valence electrons.